The molecule has 34 heavy (non-hydrogen) atoms. The lowest BCUT2D eigenvalue weighted by Crippen LogP contribution is -2.38. The van der Waals surface area contributed by atoms with Crippen LogP contribution < -0.4 is 4.74 Å². The SMILES string of the molecule is C=CCOc1ccc(C(O)=C2C(=O)C(=O)N(CCN(CC)CC)[C@H]2c2ccccc2F)c(C)c1. The third kappa shape index (κ3) is 5.04. The number of hydrogen-bond donors (Lipinski definition) is 1. The van der Waals surface area contributed by atoms with Crippen LogP contribution in [0, 0.1) is 12.7 Å². The summed E-state index contributed by atoms with van der Waals surface area (Å²) in [6.45, 7) is 12.1. The summed E-state index contributed by atoms with van der Waals surface area (Å²) in [5.41, 5.74) is 1.10. The van der Waals surface area contributed by atoms with E-state index in [1.54, 1.807) is 49.4 Å². The third-order valence-corrected chi connectivity index (χ3v) is 6.11. The Bertz CT molecular complexity index is 1110. The zero-order valence-corrected chi connectivity index (χ0v) is 19.9. The number of nitrogens with zero attached hydrogens (tertiary/aromatic N) is 2. The molecule has 0 aromatic heterocycles. The first-order valence-electron chi connectivity index (χ1n) is 11.4. The second-order valence-electron chi connectivity index (χ2n) is 8.12. The van der Waals surface area contributed by atoms with Crippen molar-refractivity contribution in [1.29, 1.82) is 0 Å². The Morgan fingerprint density at radius 3 is 2.53 bits per heavy atom. The fourth-order valence-corrected chi connectivity index (χ4v) is 4.21. The average molecular weight is 467 g/mol. The van der Waals surface area contributed by atoms with Gasteiger partial charge >= 0.3 is 0 Å². The summed E-state index contributed by atoms with van der Waals surface area (Å²) in [5, 5.41) is 11.3. The number of aryl methyl sites for hydroxylation is 1. The largest absolute Gasteiger partial charge is 0.507 e. The summed E-state index contributed by atoms with van der Waals surface area (Å²) in [6, 6.07) is 10.0. The van der Waals surface area contributed by atoms with Gasteiger partial charge in [-0.05, 0) is 49.8 Å². The van der Waals surface area contributed by atoms with E-state index in [4.69, 9.17) is 4.74 Å². The van der Waals surface area contributed by atoms with Gasteiger partial charge in [0.05, 0.1) is 11.6 Å². The van der Waals surface area contributed by atoms with Crippen LogP contribution in [0.15, 0.2) is 60.7 Å². The molecule has 7 heteroatoms. The fraction of sp³-hybridized carbons (Fsp3) is 0.333. The molecule has 1 N–H and O–H groups in total. The molecular formula is C27H31FN2O4. The topological polar surface area (TPSA) is 70.1 Å². The lowest BCUT2D eigenvalue weighted by atomic mass is 9.93. The number of ether oxygens (including phenoxy) is 1. The number of aliphatic hydroxyl groups is 1. The minimum Gasteiger partial charge on any atom is -0.507 e. The second-order valence-corrected chi connectivity index (χ2v) is 8.12. The van der Waals surface area contributed by atoms with Crippen molar-refractivity contribution in [2.24, 2.45) is 0 Å². The zero-order chi connectivity index (χ0) is 24.8. The van der Waals surface area contributed by atoms with Crippen LogP contribution in [0.1, 0.15) is 36.6 Å². The summed E-state index contributed by atoms with van der Waals surface area (Å²) < 4.78 is 20.4. The maximum atomic E-state index is 14.9. The Balaban J connectivity index is 2.10. The Morgan fingerprint density at radius 1 is 1.21 bits per heavy atom. The fourth-order valence-electron chi connectivity index (χ4n) is 4.21. The van der Waals surface area contributed by atoms with E-state index in [2.05, 4.69) is 11.5 Å². The van der Waals surface area contributed by atoms with E-state index in [-0.39, 0.29) is 23.4 Å². The van der Waals surface area contributed by atoms with Crippen LogP contribution >= 0.6 is 0 Å². The van der Waals surface area contributed by atoms with Crippen LogP contribution in [-0.4, -0.2) is 59.4 Å². The first kappa shape index (κ1) is 25.2. The number of rotatable bonds is 10. The standard InChI is InChI=1S/C27H31FN2O4/c1-5-16-34-19-12-13-20(18(4)17-19)25(31)23-24(21-10-8-9-11-22(21)28)30(27(33)26(23)32)15-14-29(6-2)7-3/h5,8-13,17,24,31H,1,6-7,14-16H2,2-4H3/t24-/m0/s1. The van der Waals surface area contributed by atoms with Crippen LogP contribution in [0.25, 0.3) is 5.76 Å². The van der Waals surface area contributed by atoms with Gasteiger partial charge in [0.2, 0.25) is 0 Å². The van der Waals surface area contributed by atoms with Gasteiger partial charge in [0.1, 0.15) is 23.9 Å². The van der Waals surface area contributed by atoms with Gasteiger partial charge in [-0.2, -0.15) is 0 Å². The van der Waals surface area contributed by atoms with Gasteiger partial charge in [-0.25, -0.2) is 4.39 Å². The molecule has 2 aromatic rings. The zero-order valence-electron chi connectivity index (χ0n) is 19.9. The van der Waals surface area contributed by atoms with Gasteiger partial charge < -0.3 is 19.6 Å². The monoisotopic (exact) mass is 466 g/mol. The number of carbonyl (C=O) groups is 2. The van der Waals surface area contributed by atoms with Crippen molar-refractivity contribution in [2.45, 2.75) is 26.8 Å². The van der Waals surface area contributed by atoms with Crippen LogP contribution in [0.3, 0.4) is 0 Å². The number of hydrogen-bond acceptors (Lipinski definition) is 5. The summed E-state index contributed by atoms with van der Waals surface area (Å²) >= 11 is 0. The van der Waals surface area contributed by atoms with E-state index >= 15 is 0 Å². The maximum Gasteiger partial charge on any atom is 0.295 e. The summed E-state index contributed by atoms with van der Waals surface area (Å²) in [6.07, 6.45) is 1.62. The van der Waals surface area contributed by atoms with E-state index in [1.165, 1.54) is 11.0 Å². The number of ketones is 1. The Kier molecular flexibility index (Phi) is 8.23. The molecular weight excluding hydrogens is 435 g/mol. The highest BCUT2D eigenvalue weighted by atomic mass is 19.1. The summed E-state index contributed by atoms with van der Waals surface area (Å²) in [5.74, 6) is -1.86. The first-order chi connectivity index (χ1) is 16.3. The number of likely N-dealkylation sites (N-methyl/N-ethyl adjacent to an activating group) is 1. The molecule has 2 aromatic carbocycles. The van der Waals surface area contributed by atoms with E-state index in [0.717, 1.165) is 13.1 Å². The van der Waals surface area contributed by atoms with Crippen LogP contribution in [-0.2, 0) is 9.59 Å². The predicted molar refractivity (Wildman–Crippen MR) is 130 cm³/mol. The van der Waals surface area contributed by atoms with Gasteiger partial charge in [0.15, 0.2) is 0 Å². The Labute approximate surface area is 199 Å². The minimum absolute atomic E-state index is 0.113. The molecule has 0 spiro atoms. The van der Waals surface area contributed by atoms with Crippen molar-refractivity contribution in [3.8, 4) is 5.75 Å². The smallest absolute Gasteiger partial charge is 0.295 e. The molecule has 1 aliphatic rings. The lowest BCUT2D eigenvalue weighted by molar-refractivity contribution is -0.140. The molecule has 1 aliphatic heterocycles. The predicted octanol–water partition coefficient (Wildman–Crippen LogP) is 4.46. The summed E-state index contributed by atoms with van der Waals surface area (Å²) in [4.78, 5) is 29.7. The van der Waals surface area contributed by atoms with Gasteiger partial charge in [-0.3, -0.25) is 9.59 Å². The molecule has 1 atom stereocenters. The number of carbonyl (C=O) groups excluding carboxylic acids is 2. The first-order valence-corrected chi connectivity index (χ1v) is 11.4. The van der Waals surface area contributed by atoms with Crippen LogP contribution in [0.2, 0.25) is 0 Å². The van der Waals surface area contributed by atoms with Crippen molar-refractivity contribution in [3.63, 3.8) is 0 Å². The number of aliphatic hydroxyl groups excluding tert-OH is 1. The molecule has 0 aliphatic carbocycles. The Hall–Kier alpha value is -3.45. The van der Waals surface area contributed by atoms with E-state index in [1.807, 2.05) is 13.8 Å². The number of benzene rings is 2. The molecule has 0 bridgehead atoms. The number of likely N-dealkylation sites (tertiary alicyclic amines) is 1. The van der Waals surface area contributed by atoms with Gasteiger partial charge in [-0.1, -0.05) is 44.7 Å². The highest BCUT2D eigenvalue weighted by Gasteiger charge is 2.46. The van der Waals surface area contributed by atoms with Crippen molar-refractivity contribution in [3.05, 3.63) is 83.2 Å². The number of amides is 1. The molecule has 1 fully saturated rings. The average Bonchev–Trinajstić information content (AvgIpc) is 3.08. The van der Waals surface area contributed by atoms with Gasteiger partial charge in [-0.15, -0.1) is 0 Å². The van der Waals surface area contributed by atoms with Gasteiger partial charge in [0.25, 0.3) is 11.7 Å². The second kappa shape index (κ2) is 11.1. The van der Waals surface area contributed by atoms with Crippen molar-refractivity contribution in [2.75, 3.05) is 32.8 Å². The minimum atomic E-state index is -1.02. The molecule has 1 heterocycles. The molecule has 1 amide bonds. The maximum absolute atomic E-state index is 14.9. The lowest BCUT2D eigenvalue weighted by Gasteiger charge is -2.28. The quantitative estimate of drug-likeness (QED) is 0.242. The molecule has 0 unspecified atom stereocenters. The normalized spacial score (nSPS) is 17.4. The molecule has 1 saturated heterocycles. The van der Waals surface area contributed by atoms with Crippen LogP contribution in [0.4, 0.5) is 4.39 Å². The number of halogens is 1. The van der Waals surface area contributed by atoms with E-state index in [0.29, 0.717) is 30.0 Å². The summed E-state index contributed by atoms with van der Waals surface area (Å²) in [7, 11) is 0. The molecule has 0 radical (unpaired) electrons. The van der Waals surface area contributed by atoms with E-state index < -0.39 is 23.5 Å². The number of Topliss-reactive ketones (excluding diaryl/α,β-unsaturated/α-hetero) is 1. The molecule has 0 saturated carbocycles. The van der Waals surface area contributed by atoms with Crippen molar-refractivity contribution < 1.29 is 23.8 Å². The highest BCUT2D eigenvalue weighted by Crippen LogP contribution is 2.40. The highest BCUT2D eigenvalue weighted by molar-refractivity contribution is 6.46. The van der Waals surface area contributed by atoms with Gasteiger partial charge in [0, 0.05) is 24.2 Å². The van der Waals surface area contributed by atoms with E-state index in [9.17, 15) is 19.1 Å². The molecule has 180 valence electrons. The van der Waals surface area contributed by atoms with Crippen LogP contribution in [0.5, 0.6) is 5.75 Å². The van der Waals surface area contributed by atoms with Crippen molar-refractivity contribution in [1.82, 2.24) is 9.80 Å². The Morgan fingerprint density at radius 2 is 1.91 bits per heavy atom. The molecule has 3 rings (SSSR count). The van der Waals surface area contributed by atoms with Crippen molar-refractivity contribution >= 4 is 17.4 Å². The molecule has 6 nitrogen and oxygen atoms in total. The third-order valence-electron chi connectivity index (χ3n) is 6.11.